The van der Waals surface area contributed by atoms with Crippen molar-refractivity contribution in [1.82, 2.24) is 5.32 Å². The fraction of sp³-hybridized carbons (Fsp3) is 0.667. The molecule has 3 heteroatoms. The second kappa shape index (κ2) is 6.78. The third kappa shape index (κ3) is 3.76. The van der Waals surface area contributed by atoms with Gasteiger partial charge in [-0.2, -0.15) is 0 Å². The van der Waals surface area contributed by atoms with Gasteiger partial charge in [0.2, 0.25) is 0 Å². The molecule has 0 atom stereocenters. The zero-order chi connectivity index (χ0) is 14.7. The molecule has 2 aliphatic carbocycles. The van der Waals surface area contributed by atoms with Gasteiger partial charge in [0.25, 0.3) is 0 Å². The van der Waals surface area contributed by atoms with E-state index in [0.717, 1.165) is 24.3 Å². The minimum absolute atomic E-state index is 0.0579. The predicted octanol–water partition coefficient (Wildman–Crippen LogP) is 4.24. The summed E-state index contributed by atoms with van der Waals surface area (Å²) in [4.78, 5) is 2.27. The monoisotopic (exact) mass is 290 g/mol. The Labute approximate surface area is 127 Å². The summed E-state index contributed by atoms with van der Waals surface area (Å²) in [5, 5.41) is 3.45. The van der Waals surface area contributed by atoms with Crippen LogP contribution in [-0.2, 0) is 6.54 Å². The molecule has 116 valence electrons. The van der Waals surface area contributed by atoms with Crippen molar-refractivity contribution in [3.63, 3.8) is 0 Å². The molecule has 0 amide bonds. The summed E-state index contributed by atoms with van der Waals surface area (Å²) >= 11 is 0. The van der Waals surface area contributed by atoms with E-state index < -0.39 is 0 Å². The average molecular weight is 290 g/mol. The normalized spacial score (nSPS) is 19.7. The van der Waals surface area contributed by atoms with Gasteiger partial charge in [0, 0.05) is 25.2 Å². The summed E-state index contributed by atoms with van der Waals surface area (Å²) in [6, 6.07) is 6.98. The number of anilines is 1. The Bertz CT molecular complexity index is 464. The minimum atomic E-state index is -0.0579. The first kappa shape index (κ1) is 14.8. The number of nitrogens with zero attached hydrogens (tertiary/aromatic N) is 1. The third-order valence-corrected chi connectivity index (χ3v) is 4.85. The van der Waals surface area contributed by atoms with Gasteiger partial charge in [0.15, 0.2) is 0 Å². The molecule has 0 aliphatic heterocycles. The first-order chi connectivity index (χ1) is 10.3. The minimum Gasteiger partial charge on any atom is -0.366 e. The SMILES string of the molecule is CCN(c1ccc(CNC2CC2)cc1F)C1CCCCC1. The zero-order valence-corrected chi connectivity index (χ0v) is 13.1. The number of nitrogens with one attached hydrogen (secondary N) is 1. The van der Waals surface area contributed by atoms with Crippen LogP contribution in [0, 0.1) is 5.82 Å². The van der Waals surface area contributed by atoms with Crippen LogP contribution in [-0.4, -0.2) is 18.6 Å². The summed E-state index contributed by atoms with van der Waals surface area (Å²) in [5.41, 5.74) is 1.85. The van der Waals surface area contributed by atoms with Gasteiger partial charge in [-0.05, 0) is 50.3 Å². The van der Waals surface area contributed by atoms with E-state index in [4.69, 9.17) is 0 Å². The maximum absolute atomic E-state index is 14.5. The molecule has 0 spiro atoms. The number of benzene rings is 1. The molecular formula is C18H27FN2. The lowest BCUT2D eigenvalue weighted by atomic mass is 9.93. The molecule has 2 fully saturated rings. The van der Waals surface area contributed by atoms with E-state index in [1.165, 1.54) is 44.9 Å². The molecule has 2 nitrogen and oxygen atoms in total. The molecule has 2 aliphatic rings. The second-order valence-corrected chi connectivity index (χ2v) is 6.52. The van der Waals surface area contributed by atoms with Crippen LogP contribution in [0.15, 0.2) is 18.2 Å². The molecule has 0 radical (unpaired) electrons. The number of hydrogen-bond acceptors (Lipinski definition) is 2. The first-order valence-corrected chi connectivity index (χ1v) is 8.56. The molecule has 1 aromatic carbocycles. The van der Waals surface area contributed by atoms with Crippen molar-refractivity contribution in [2.75, 3.05) is 11.4 Å². The zero-order valence-electron chi connectivity index (χ0n) is 13.1. The van der Waals surface area contributed by atoms with Gasteiger partial charge in [-0.1, -0.05) is 25.3 Å². The van der Waals surface area contributed by atoms with Crippen LogP contribution in [0.5, 0.6) is 0 Å². The Morgan fingerprint density at radius 1 is 1.14 bits per heavy atom. The van der Waals surface area contributed by atoms with Crippen molar-refractivity contribution < 1.29 is 4.39 Å². The molecule has 0 bridgehead atoms. The Morgan fingerprint density at radius 3 is 2.52 bits per heavy atom. The van der Waals surface area contributed by atoms with Gasteiger partial charge in [-0.3, -0.25) is 0 Å². The predicted molar refractivity (Wildman–Crippen MR) is 86.2 cm³/mol. The fourth-order valence-electron chi connectivity index (χ4n) is 3.46. The average Bonchev–Trinajstić information content (AvgIpc) is 3.33. The molecule has 2 saturated carbocycles. The molecule has 0 unspecified atom stereocenters. The topological polar surface area (TPSA) is 15.3 Å². The number of halogens is 1. The van der Waals surface area contributed by atoms with Gasteiger partial charge in [0.05, 0.1) is 5.69 Å². The van der Waals surface area contributed by atoms with Gasteiger partial charge < -0.3 is 10.2 Å². The maximum atomic E-state index is 14.5. The highest BCUT2D eigenvalue weighted by Crippen LogP contribution is 2.29. The van der Waals surface area contributed by atoms with E-state index in [-0.39, 0.29) is 5.82 Å². The van der Waals surface area contributed by atoms with Crippen molar-refractivity contribution >= 4 is 5.69 Å². The van der Waals surface area contributed by atoms with E-state index >= 15 is 0 Å². The first-order valence-electron chi connectivity index (χ1n) is 8.56. The highest BCUT2D eigenvalue weighted by Gasteiger charge is 2.23. The van der Waals surface area contributed by atoms with E-state index in [1.54, 1.807) is 6.07 Å². The largest absolute Gasteiger partial charge is 0.366 e. The van der Waals surface area contributed by atoms with Gasteiger partial charge in [-0.15, -0.1) is 0 Å². The molecule has 0 saturated heterocycles. The van der Waals surface area contributed by atoms with Crippen molar-refractivity contribution in [3.8, 4) is 0 Å². The van der Waals surface area contributed by atoms with Crippen LogP contribution in [0.1, 0.15) is 57.4 Å². The maximum Gasteiger partial charge on any atom is 0.146 e. The van der Waals surface area contributed by atoms with Gasteiger partial charge >= 0.3 is 0 Å². The van der Waals surface area contributed by atoms with Crippen LogP contribution in [0.25, 0.3) is 0 Å². The van der Waals surface area contributed by atoms with Crippen LogP contribution in [0.3, 0.4) is 0 Å². The standard InChI is InChI=1S/C18H27FN2/c1-2-21(16-6-4-3-5-7-16)18-11-8-14(12-17(18)19)13-20-15-9-10-15/h8,11-12,15-16,20H,2-7,9-10,13H2,1H3. The Kier molecular flexibility index (Phi) is 4.79. The van der Waals surface area contributed by atoms with E-state index in [0.29, 0.717) is 12.1 Å². The molecule has 1 aromatic rings. The Morgan fingerprint density at radius 2 is 1.90 bits per heavy atom. The molecule has 21 heavy (non-hydrogen) atoms. The van der Waals surface area contributed by atoms with E-state index in [2.05, 4.69) is 23.2 Å². The highest BCUT2D eigenvalue weighted by atomic mass is 19.1. The summed E-state index contributed by atoms with van der Waals surface area (Å²) in [6.07, 6.45) is 8.86. The summed E-state index contributed by atoms with van der Waals surface area (Å²) in [6.45, 7) is 3.81. The molecular weight excluding hydrogens is 263 g/mol. The molecule has 0 aromatic heterocycles. The third-order valence-electron chi connectivity index (χ3n) is 4.85. The lowest BCUT2D eigenvalue weighted by Gasteiger charge is -2.35. The Balaban J connectivity index is 1.69. The summed E-state index contributed by atoms with van der Waals surface area (Å²) in [7, 11) is 0. The van der Waals surface area contributed by atoms with Crippen molar-refractivity contribution in [3.05, 3.63) is 29.6 Å². The molecule has 1 N–H and O–H groups in total. The number of rotatable bonds is 6. The van der Waals surface area contributed by atoms with Gasteiger partial charge in [0.1, 0.15) is 5.82 Å². The van der Waals surface area contributed by atoms with E-state index in [9.17, 15) is 4.39 Å². The van der Waals surface area contributed by atoms with Crippen LogP contribution < -0.4 is 10.2 Å². The van der Waals surface area contributed by atoms with Crippen LogP contribution in [0.4, 0.5) is 10.1 Å². The van der Waals surface area contributed by atoms with E-state index in [1.807, 2.05) is 6.07 Å². The van der Waals surface area contributed by atoms with Crippen molar-refractivity contribution in [2.45, 2.75) is 70.5 Å². The Hall–Kier alpha value is -1.09. The lowest BCUT2D eigenvalue weighted by molar-refractivity contribution is 0.414. The van der Waals surface area contributed by atoms with Crippen molar-refractivity contribution in [1.29, 1.82) is 0 Å². The smallest absolute Gasteiger partial charge is 0.146 e. The lowest BCUT2D eigenvalue weighted by Crippen LogP contribution is -2.37. The molecule has 3 rings (SSSR count). The van der Waals surface area contributed by atoms with Crippen LogP contribution in [0.2, 0.25) is 0 Å². The molecule has 0 heterocycles. The fourth-order valence-corrected chi connectivity index (χ4v) is 3.46. The summed E-state index contributed by atoms with van der Waals surface area (Å²) < 4.78 is 14.5. The second-order valence-electron chi connectivity index (χ2n) is 6.52. The van der Waals surface area contributed by atoms with Crippen molar-refractivity contribution in [2.24, 2.45) is 0 Å². The number of hydrogen-bond donors (Lipinski definition) is 1. The highest BCUT2D eigenvalue weighted by molar-refractivity contribution is 5.50. The van der Waals surface area contributed by atoms with Crippen LogP contribution >= 0.6 is 0 Å². The quantitative estimate of drug-likeness (QED) is 0.843. The van der Waals surface area contributed by atoms with Gasteiger partial charge in [-0.25, -0.2) is 4.39 Å². The summed E-state index contributed by atoms with van der Waals surface area (Å²) in [5.74, 6) is -0.0579.